The van der Waals surface area contributed by atoms with Crippen LogP contribution >= 0.6 is 11.8 Å². The van der Waals surface area contributed by atoms with Gasteiger partial charge in [0.2, 0.25) is 17.7 Å². The monoisotopic (exact) mass is 587 g/mol. The van der Waals surface area contributed by atoms with Gasteiger partial charge in [0.15, 0.2) is 0 Å². The van der Waals surface area contributed by atoms with Gasteiger partial charge in [-0.15, -0.1) is 24.9 Å². The quantitative estimate of drug-likeness (QED) is 0.375. The zero-order valence-corrected chi connectivity index (χ0v) is 25.3. The molecule has 2 aromatic carbocycles. The predicted molar refractivity (Wildman–Crippen MR) is 166 cm³/mol. The summed E-state index contributed by atoms with van der Waals surface area (Å²) in [5.41, 5.74) is 1.99. The molecule has 3 amide bonds. The number of hydrogen-bond acceptors (Lipinski definition) is 5. The highest BCUT2D eigenvalue weighted by Crippen LogP contribution is 2.72. The van der Waals surface area contributed by atoms with Gasteiger partial charge in [0, 0.05) is 30.9 Å². The highest BCUT2D eigenvalue weighted by molar-refractivity contribution is 8.02. The minimum absolute atomic E-state index is 0.0781. The summed E-state index contributed by atoms with van der Waals surface area (Å²) in [6.07, 6.45) is 4.82. The van der Waals surface area contributed by atoms with Crippen molar-refractivity contribution in [1.82, 2.24) is 14.7 Å². The topological polar surface area (TPSA) is 81.2 Å². The number of benzene rings is 2. The van der Waals surface area contributed by atoms with Crippen LogP contribution in [0.25, 0.3) is 0 Å². The van der Waals surface area contributed by atoms with Crippen molar-refractivity contribution in [3.8, 4) is 0 Å². The van der Waals surface area contributed by atoms with Gasteiger partial charge >= 0.3 is 0 Å². The Balaban J connectivity index is 1.53. The third-order valence-electron chi connectivity index (χ3n) is 9.21. The molecule has 222 valence electrons. The molecule has 0 aliphatic carbocycles. The van der Waals surface area contributed by atoms with Crippen molar-refractivity contribution in [2.75, 3.05) is 19.7 Å². The first-order chi connectivity index (χ1) is 20.2. The number of fused-ring (bicyclic) bond motifs is 1. The lowest BCUT2D eigenvalue weighted by Gasteiger charge is -2.39. The van der Waals surface area contributed by atoms with Crippen LogP contribution in [-0.2, 0) is 27.5 Å². The number of likely N-dealkylation sites (tertiary alicyclic amines) is 1. The fourth-order valence-electron chi connectivity index (χ4n) is 7.34. The van der Waals surface area contributed by atoms with Crippen molar-refractivity contribution >= 4 is 29.5 Å². The molecule has 3 saturated heterocycles. The normalized spacial score (nSPS) is 28.3. The SMILES string of the molecule is C=CCN(Cc1ccccc1)C(=O)C1N([C@H](C)CO)C(=O)[C@@H]2[C@H](C(=O)N(CC=C)Cc3ccccc3)[C@]3(C)CCC12S3. The fourth-order valence-corrected chi connectivity index (χ4v) is 9.67. The van der Waals surface area contributed by atoms with E-state index < -0.39 is 33.4 Å². The van der Waals surface area contributed by atoms with Gasteiger partial charge in [-0.25, -0.2) is 0 Å². The number of carbonyl (C=O) groups is 3. The Morgan fingerprint density at radius 1 is 0.976 bits per heavy atom. The van der Waals surface area contributed by atoms with Crippen molar-refractivity contribution < 1.29 is 19.5 Å². The number of aliphatic hydroxyl groups is 1. The Kier molecular flexibility index (Phi) is 8.67. The second kappa shape index (κ2) is 12.1. The van der Waals surface area contributed by atoms with Crippen molar-refractivity contribution in [2.45, 2.75) is 61.4 Å². The fraction of sp³-hybridized carbons (Fsp3) is 0.441. The maximum atomic E-state index is 14.6. The van der Waals surface area contributed by atoms with Crippen LogP contribution < -0.4 is 0 Å². The second-order valence-electron chi connectivity index (χ2n) is 12.0. The predicted octanol–water partition coefficient (Wildman–Crippen LogP) is 4.28. The second-order valence-corrected chi connectivity index (χ2v) is 13.9. The minimum Gasteiger partial charge on any atom is -0.394 e. The molecule has 3 fully saturated rings. The van der Waals surface area contributed by atoms with Crippen LogP contribution in [0, 0.1) is 11.8 Å². The summed E-state index contributed by atoms with van der Waals surface area (Å²) in [5, 5.41) is 10.2. The summed E-state index contributed by atoms with van der Waals surface area (Å²) in [7, 11) is 0. The number of hydrogen-bond donors (Lipinski definition) is 1. The first kappa shape index (κ1) is 30.1. The standard InChI is InChI=1S/C34H41N3O4S/c1-5-19-35(21-25-13-9-7-10-14-25)30(39)27-28-31(40)37(24(3)23-38)29(34(28)18-17-33(27,4)42-34)32(41)36(20-6-2)22-26-15-11-8-12-16-26/h5-16,24,27-29,38H,1-2,17-23H2,3-4H3/t24-,27-,28+,29?,33+,34?/m1/s1. The first-order valence-corrected chi connectivity index (χ1v) is 15.5. The lowest BCUT2D eigenvalue weighted by Crippen LogP contribution is -2.56. The number of thioether (sulfide) groups is 1. The van der Waals surface area contributed by atoms with E-state index in [1.807, 2.05) is 60.7 Å². The van der Waals surface area contributed by atoms with Gasteiger partial charge in [0.1, 0.15) is 6.04 Å². The Morgan fingerprint density at radius 3 is 2.00 bits per heavy atom. The van der Waals surface area contributed by atoms with Crippen molar-refractivity contribution in [2.24, 2.45) is 11.8 Å². The Bertz CT molecular complexity index is 1340. The van der Waals surface area contributed by atoms with Gasteiger partial charge in [0.05, 0.1) is 29.2 Å². The summed E-state index contributed by atoms with van der Waals surface area (Å²) in [4.78, 5) is 48.6. The van der Waals surface area contributed by atoms with Gasteiger partial charge in [-0.05, 0) is 37.8 Å². The van der Waals surface area contributed by atoms with E-state index in [2.05, 4.69) is 20.1 Å². The highest BCUT2D eigenvalue weighted by atomic mass is 32.2. The molecular formula is C34H41N3O4S. The Morgan fingerprint density at radius 2 is 1.50 bits per heavy atom. The molecule has 42 heavy (non-hydrogen) atoms. The van der Waals surface area contributed by atoms with Gasteiger partial charge in [-0.2, -0.15) is 0 Å². The summed E-state index contributed by atoms with van der Waals surface area (Å²) >= 11 is 1.65. The number of rotatable bonds is 12. The molecule has 0 radical (unpaired) electrons. The van der Waals surface area contributed by atoms with Gasteiger partial charge < -0.3 is 19.8 Å². The average molecular weight is 588 g/mol. The Labute approximate surface area is 253 Å². The van der Waals surface area contributed by atoms with Crippen LogP contribution in [0.15, 0.2) is 86.0 Å². The molecule has 3 heterocycles. The van der Waals surface area contributed by atoms with Crippen LogP contribution in [0.4, 0.5) is 0 Å². The number of aliphatic hydroxyl groups excluding tert-OH is 1. The molecular weight excluding hydrogens is 546 g/mol. The molecule has 1 spiro atoms. The van der Waals surface area contributed by atoms with Crippen LogP contribution in [-0.4, -0.2) is 78.8 Å². The third-order valence-corrected chi connectivity index (χ3v) is 11.2. The van der Waals surface area contributed by atoms with Crippen molar-refractivity contribution in [1.29, 1.82) is 0 Å². The number of amides is 3. The molecule has 2 aromatic rings. The lowest BCUT2D eigenvalue weighted by atomic mass is 9.66. The van der Waals surface area contributed by atoms with Gasteiger partial charge in [-0.3, -0.25) is 14.4 Å². The van der Waals surface area contributed by atoms with Crippen LogP contribution in [0.3, 0.4) is 0 Å². The summed E-state index contributed by atoms with van der Waals surface area (Å²) in [6.45, 7) is 12.9. The molecule has 2 bridgehead atoms. The maximum absolute atomic E-state index is 14.6. The van der Waals surface area contributed by atoms with E-state index in [0.717, 1.165) is 17.5 Å². The molecule has 7 nitrogen and oxygen atoms in total. The molecule has 8 heteroatoms. The van der Waals surface area contributed by atoms with Crippen LogP contribution in [0.1, 0.15) is 37.8 Å². The molecule has 6 atom stereocenters. The van der Waals surface area contributed by atoms with E-state index in [-0.39, 0.29) is 24.3 Å². The van der Waals surface area contributed by atoms with E-state index in [9.17, 15) is 19.5 Å². The average Bonchev–Trinajstić information content (AvgIpc) is 3.57. The minimum atomic E-state index is -0.785. The molecule has 3 aliphatic rings. The molecule has 5 rings (SSSR count). The number of carbonyl (C=O) groups excluding carboxylic acids is 3. The van der Waals surface area contributed by atoms with E-state index >= 15 is 0 Å². The van der Waals surface area contributed by atoms with E-state index in [4.69, 9.17) is 0 Å². The summed E-state index contributed by atoms with van der Waals surface area (Å²) in [5.74, 6) is -1.68. The molecule has 3 aliphatic heterocycles. The zero-order chi connectivity index (χ0) is 30.1. The smallest absolute Gasteiger partial charge is 0.247 e. The molecule has 2 unspecified atom stereocenters. The lowest BCUT2D eigenvalue weighted by molar-refractivity contribution is -0.147. The van der Waals surface area contributed by atoms with E-state index in [0.29, 0.717) is 32.6 Å². The Hall–Kier alpha value is -3.36. The van der Waals surface area contributed by atoms with E-state index in [1.54, 1.807) is 45.5 Å². The first-order valence-electron chi connectivity index (χ1n) is 14.7. The van der Waals surface area contributed by atoms with Crippen molar-refractivity contribution in [3.63, 3.8) is 0 Å². The zero-order valence-electron chi connectivity index (χ0n) is 24.5. The largest absolute Gasteiger partial charge is 0.394 e. The van der Waals surface area contributed by atoms with Gasteiger partial charge in [0.25, 0.3) is 0 Å². The summed E-state index contributed by atoms with van der Waals surface area (Å²) < 4.78 is -1.24. The summed E-state index contributed by atoms with van der Waals surface area (Å²) in [6, 6.07) is 18.2. The van der Waals surface area contributed by atoms with Crippen molar-refractivity contribution in [3.05, 3.63) is 97.1 Å². The van der Waals surface area contributed by atoms with Crippen LogP contribution in [0.2, 0.25) is 0 Å². The molecule has 0 saturated carbocycles. The van der Waals surface area contributed by atoms with E-state index in [1.165, 1.54) is 0 Å². The number of nitrogens with zero attached hydrogens (tertiary/aromatic N) is 3. The molecule has 1 N–H and O–H groups in total. The van der Waals surface area contributed by atoms with Gasteiger partial charge in [-0.1, -0.05) is 72.8 Å². The third kappa shape index (κ3) is 5.09. The molecule has 0 aromatic heterocycles. The van der Waals surface area contributed by atoms with Crippen LogP contribution in [0.5, 0.6) is 0 Å². The maximum Gasteiger partial charge on any atom is 0.247 e. The highest BCUT2D eigenvalue weighted by Gasteiger charge is 2.77.